The Labute approximate surface area is 175 Å². The van der Waals surface area contributed by atoms with Crippen LogP contribution in [0.2, 0.25) is 0 Å². The van der Waals surface area contributed by atoms with Crippen LogP contribution in [0.4, 0.5) is 0 Å². The molecule has 0 aromatic heterocycles. The lowest BCUT2D eigenvalue weighted by Crippen LogP contribution is -2.41. The van der Waals surface area contributed by atoms with Crippen LogP contribution in [-0.4, -0.2) is 23.3 Å². The van der Waals surface area contributed by atoms with E-state index in [2.05, 4.69) is 0 Å². The van der Waals surface area contributed by atoms with Gasteiger partial charge in [0.05, 0.1) is 6.54 Å². The van der Waals surface area contributed by atoms with Gasteiger partial charge in [-0.05, 0) is 23.6 Å². The second-order valence-electron chi connectivity index (χ2n) is 7.77. The first-order valence-corrected chi connectivity index (χ1v) is 9.99. The molecule has 0 bridgehead atoms. The smallest absolute Gasteiger partial charge is 0.256 e. The highest BCUT2D eigenvalue weighted by Crippen LogP contribution is 2.66. The van der Waals surface area contributed by atoms with E-state index in [1.165, 1.54) is 11.0 Å². The molecule has 3 aromatic carbocycles. The van der Waals surface area contributed by atoms with Crippen LogP contribution in [0.5, 0.6) is 0 Å². The molecule has 1 saturated heterocycles. The first-order valence-electron chi connectivity index (χ1n) is 9.99. The number of rotatable bonds is 5. The zero-order chi connectivity index (χ0) is 20.8. The van der Waals surface area contributed by atoms with E-state index in [4.69, 9.17) is 4.74 Å². The molecule has 4 nitrogen and oxygen atoms in total. The molecule has 2 amide bonds. The van der Waals surface area contributed by atoms with E-state index >= 15 is 0 Å². The van der Waals surface area contributed by atoms with Crippen LogP contribution in [0.1, 0.15) is 23.6 Å². The average Bonchev–Trinajstić information content (AvgIpc) is 3.43. The molecular weight excluding hydrogens is 374 g/mol. The van der Waals surface area contributed by atoms with E-state index in [1.807, 2.05) is 91.0 Å². The SMILES string of the molecule is CC1=CC(=O)N(CC2(c3ccccc3)OC2(c2ccccc2)c2ccccc2)C1=O. The van der Waals surface area contributed by atoms with E-state index in [0.29, 0.717) is 5.57 Å². The second kappa shape index (κ2) is 6.78. The number of hydrogen-bond donors (Lipinski definition) is 0. The highest BCUT2D eigenvalue weighted by molar-refractivity contribution is 6.16. The number of carbonyl (C=O) groups excluding carboxylic acids is 2. The predicted octanol–water partition coefficient (Wildman–Crippen LogP) is 4.17. The summed E-state index contributed by atoms with van der Waals surface area (Å²) in [5, 5.41) is 0. The van der Waals surface area contributed by atoms with Crippen molar-refractivity contribution in [2.45, 2.75) is 18.1 Å². The molecule has 0 aliphatic carbocycles. The largest absolute Gasteiger partial charge is 0.345 e. The molecule has 0 spiro atoms. The van der Waals surface area contributed by atoms with Crippen molar-refractivity contribution in [2.75, 3.05) is 6.54 Å². The van der Waals surface area contributed by atoms with Crippen LogP contribution in [0.15, 0.2) is 103 Å². The molecule has 1 unspecified atom stereocenters. The predicted molar refractivity (Wildman–Crippen MR) is 113 cm³/mol. The quantitative estimate of drug-likeness (QED) is 0.481. The summed E-state index contributed by atoms with van der Waals surface area (Å²) in [5.41, 5.74) is 1.69. The van der Waals surface area contributed by atoms with Crippen molar-refractivity contribution in [3.05, 3.63) is 119 Å². The van der Waals surface area contributed by atoms with Crippen molar-refractivity contribution in [3.63, 3.8) is 0 Å². The van der Waals surface area contributed by atoms with Gasteiger partial charge in [-0.3, -0.25) is 14.5 Å². The number of benzene rings is 3. The fourth-order valence-electron chi connectivity index (χ4n) is 4.55. The van der Waals surface area contributed by atoms with Gasteiger partial charge in [-0.25, -0.2) is 0 Å². The van der Waals surface area contributed by atoms with Crippen LogP contribution in [-0.2, 0) is 25.5 Å². The topological polar surface area (TPSA) is 49.9 Å². The monoisotopic (exact) mass is 395 g/mol. The third-order valence-electron chi connectivity index (χ3n) is 6.02. The lowest BCUT2D eigenvalue weighted by molar-refractivity contribution is -0.138. The number of epoxide rings is 1. The zero-order valence-corrected chi connectivity index (χ0v) is 16.6. The highest BCUT2D eigenvalue weighted by atomic mass is 16.6. The van der Waals surface area contributed by atoms with Crippen molar-refractivity contribution >= 4 is 11.8 Å². The van der Waals surface area contributed by atoms with Gasteiger partial charge in [0.1, 0.15) is 0 Å². The number of amides is 2. The van der Waals surface area contributed by atoms with E-state index in [9.17, 15) is 9.59 Å². The average molecular weight is 395 g/mol. The lowest BCUT2D eigenvalue weighted by atomic mass is 9.77. The minimum absolute atomic E-state index is 0.145. The molecule has 148 valence electrons. The molecule has 2 heterocycles. The Morgan fingerprint density at radius 2 is 1.20 bits per heavy atom. The van der Waals surface area contributed by atoms with Gasteiger partial charge in [0.15, 0.2) is 11.2 Å². The number of imide groups is 1. The van der Waals surface area contributed by atoms with Gasteiger partial charge in [0.25, 0.3) is 11.8 Å². The molecule has 2 aliphatic rings. The summed E-state index contributed by atoms with van der Waals surface area (Å²) in [7, 11) is 0. The summed E-state index contributed by atoms with van der Waals surface area (Å²) in [6.45, 7) is 1.82. The summed E-state index contributed by atoms with van der Waals surface area (Å²) in [5.74, 6) is -0.556. The molecule has 2 aliphatic heterocycles. The standard InChI is InChI=1S/C26H21NO3/c1-19-17-23(28)27(24(19)29)18-25(20-11-5-2-6-12-20)26(30-25,21-13-7-3-8-14-21)22-15-9-4-10-16-22/h2-17H,18H2,1H3. The van der Waals surface area contributed by atoms with Crippen LogP contribution in [0.25, 0.3) is 0 Å². The molecule has 0 radical (unpaired) electrons. The number of ether oxygens (including phenoxy) is 1. The Balaban J connectivity index is 1.70. The van der Waals surface area contributed by atoms with Crippen LogP contribution >= 0.6 is 0 Å². The van der Waals surface area contributed by atoms with Gasteiger partial charge in [-0.2, -0.15) is 0 Å². The summed E-state index contributed by atoms with van der Waals surface area (Å²) in [6.07, 6.45) is 1.40. The van der Waals surface area contributed by atoms with Crippen molar-refractivity contribution in [3.8, 4) is 0 Å². The van der Waals surface area contributed by atoms with Gasteiger partial charge in [-0.1, -0.05) is 91.0 Å². The summed E-state index contributed by atoms with van der Waals surface area (Å²) in [4.78, 5) is 26.6. The summed E-state index contributed by atoms with van der Waals surface area (Å²) in [6, 6.07) is 29.9. The fraction of sp³-hybridized carbons (Fsp3) is 0.154. The van der Waals surface area contributed by atoms with Crippen molar-refractivity contribution in [1.29, 1.82) is 0 Å². The molecule has 4 heteroatoms. The molecule has 3 aromatic rings. The van der Waals surface area contributed by atoms with Gasteiger partial charge < -0.3 is 4.74 Å². The Hall–Kier alpha value is -3.50. The third kappa shape index (κ3) is 2.57. The van der Waals surface area contributed by atoms with Crippen LogP contribution in [0, 0.1) is 0 Å². The molecule has 5 rings (SSSR count). The van der Waals surface area contributed by atoms with E-state index in [-0.39, 0.29) is 18.4 Å². The first-order chi connectivity index (χ1) is 14.6. The zero-order valence-electron chi connectivity index (χ0n) is 16.6. The normalized spacial score (nSPS) is 22.2. The Morgan fingerprint density at radius 1 is 0.733 bits per heavy atom. The molecular formula is C26H21NO3. The van der Waals surface area contributed by atoms with E-state index < -0.39 is 11.2 Å². The number of nitrogens with zero attached hydrogens (tertiary/aromatic N) is 1. The van der Waals surface area contributed by atoms with Gasteiger partial charge in [0, 0.05) is 11.6 Å². The van der Waals surface area contributed by atoms with Crippen LogP contribution < -0.4 is 0 Å². The Kier molecular flexibility index (Phi) is 4.19. The van der Waals surface area contributed by atoms with Gasteiger partial charge in [-0.15, -0.1) is 0 Å². The van der Waals surface area contributed by atoms with Crippen molar-refractivity contribution < 1.29 is 14.3 Å². The molecule has 0 saturated carbocycles. The molecule has 1 atom stereocenters. The Bertz CT molecular complexity index is 1100. The van der Waals surface area contributed by atoms with Crippen molar-refractivity contribution in [2.24, 2.45) is 0 Å². The van der Waals surface area contributed by atoms with Crippen LogP contribution in [0.3, 0.4) is 0 Å². The maximum Gasteiger partial charge on any atom is 0.256 e. The number of carbonyl (C=O) groups is 2. The van der Waals surface area contributed by atoms with Gasteiger partial charge >= 0.3 is 0 Å². The highest BCUT2D eigenvalue weighted by Gasteiger charge is 2.73. The van der Waals surface area contributed by atoms with E-state index in [0.717, 1.165) is 16.7 Å². The Morgan fingerprint density at radius 3 is 1.63 bits per heavy atom. The minimum Gasteiger partial charge on any atom is -0.345 e. The maximum atomic E-state index is 12.7. The van der Waals surface area contributed by atoms with E-state index in [1.54, 1.807) is 6.92 Å². The molecule has 1 fully saturated rings. The summed E-state index contributed by atoms with van der Waals surface area (Å²) < 4.78 is 6.68. The molecule has 30 heavy (non-hydrogen) atoms. The molecule has 0 N–H and O–H groups in total. The maximum absolute atomic E-state index is 12.7. The minimum atomic E-state index is -0.874. The summed E-state index contributed by atoms with van der Waals surface area (Å²) >= 11 is 0. The number of hydrogen-bond acceptors (Lipinski definition) is 3. The first kappa shape index (κ1) is 18.5. The van der Waals surface area contributed by atoms with Crippen molar-refractivity contribution in [1.82, 2.24) is 4.90 Å². The third-order valence-corrected chi connectivity index (χ3v) is 6.02. The lowest BCUT2D eigenvalue weighted by Gasteiger charge is -2.26. The fourth-order valence-corrected chi connectivity index (χ4v) is 4.55. The second-order valence-corrected chi connectivity index (χ2v) is 7.77. The van der Waals surface area contributed by atoms with Gasteiger partial charge in [0.2, 0.25) is 0 Å².